The lowest BCUT2D eigenvalue weighted by Gasteiger charge is -2.06. The molecule has 8 heteroatoms. The van der Waals surface area contributed by atoms with Gasteiger partial charge in [-0.05, 0) is 54.6 Å². The molecule has 0 atom stereocenters. The Morgan fingerprint density at radius 2 is 1.79 bits per heavy atom. The van der Waals surface area contributed by atoms with Crippen molar-refractivity contribution in [2.24, 2.45) is 0 Å². The van der Waals surface area contributed by atoms with E-state index in [4.69, 9.17) is 27.6 Å². The van der Waals surface area contributed by atoms with Gasteiger partial charge < -0.3 is 19.6 Å². The first-order chi connectivity index (χ1) is 13.9. The predicted octanol–water partition coefficient (Wildman–Crippen LogP) is 4.16. The van der Waals surface area contributed by atoms with Crippen molar-refractivity contribution in [2.75, 3.05) is 5.32 Å². The van der Waals surface area contributed by atoms with E-state index in [1.807, 2.05) is 6.07 Å². The molecule has 3 rings (SSSR count). The summed E-state index contributed by atoms with van der Waals surface area (Å²) < 4.78 is 5.61. The lowest BCUT2D eigenvalue weighted by molar-refractivity contribution is -0.255. The minimum Gasteiger partial charge on any atom is -0.545 e. The maximum atomic E-state index is 12.3. The maximum Gasteiger partial charge on any atom is 0.266 e. The summed E-state index contributed by atoms with van der Waals surface area (Å²) in [6.07, 6.45) is 1.28. The summed E-state index contributed by atoms with van der Waals surface area (Å²) in [5, 5.41) is 23.6. The van der Waals surface area contributed by atoms with Crippen molar-refractivity contribution in [1.82, 2.24) is 0 Å². The van der Waals surface area contributed by atoms with Gasteiger partial charge in [0.15, 0.2) is 0 Å². The number of carboxylic acid groups (broad SMARTS) is 1. The van der Waals surface area contributed by atoms with E-state index in [1.54, 1.807) is 42.5 Å². The van der Waals surface area contributed by atoms with E-state index < -0.39 is 11.9 Å². The summed E-state index contributed by atoms with van der Waals surface area (Å²) in [7, 11) is 0. The third kappa shape index (κ3) is 4.85. The highest BCUT2D eigenvalue weighted by Crippen LogP contribution is 2.27. The van der Waals surface area contributed by atoms with Gasteiger partial charge in [-0.2, -0.15) is 5.26 Å². The summed E-state index contributed by atoms with van der Waals surface area (Å²) in [5.41, 5.74) is 0.596. The van der Waals surface area contributed by atoms with Crippen LogP contribution < -0.4 is 10.4 Å². The van der Waals surface area contributed by atoms with Crippen molar-refractivity contribution < 1.29 is 19.1 Å². The molecule has 144 valence electrons. The Bertz CT molecular complexity index is 1160. The van der Waals surface area contributed by atoms with E-state index in [9.17, 15) is 20.0 Å². The first-order valence-corrected chi connectivity index (χ1v) is 8.93. The molecule has 0 spiro atoms. The number of hydrogen-bond donors (Lipinski definition) is 1. The van der Waals surface area contributed by atoms with E-state index >= 15 is 0 Å². The third-order valence-corrected chi connectivity index (χ3v) is 4.43. The van der Waals surface area contributed by atoms with Crippen LogP contribution in [0.3, 0.4) is 0 Å². The maximum absolute atomic E-state index is 12.3. The molecule has 1 amide bonds. The number of carboxylic acids is 1. The van der Waals surface area contributed by atoms with E-state index in [2.05, 4.69) is 5.32 Å². The summed E-state index contributed by atoms with van der Waals surface area (Å²) in [6, 6.07) is 15.7. The molecule has 0 fully saturated rings. The standard InChI is InChI=1S/C21H12Cl2N2O4/c22-14-2-4-15(5-3-14)25-20(26)13(11-24)9-16-6-8-19(29-16)12-1-7-18(23)17(10-12)21(27)28/h1-10H,(H,25,26)(H,27,28)/p-1/b13-9+. The van der Waals surface area contributed by atoms with Crippen molar-refractivity contribution >= 4 is 46.8 Å². The van der Waals surface area contributed by atoms with E-state index in [0.717, 1.165) is 0 Å². The first kappa shape index (κ1) is 20.2. The number of aromatic carboxylic acids is 1. The van der Waals surface area contributed by atoms with Gasteiger partial charge in [0.25, 0.3) is 5.91 Å². The lowest BCUT2D eigenvalue weighted by Crippen LogP contribution is -2.22. The zero-order chi connectivity index (χ0) is 21.0. The average molecular weight is 426 g/mol. The van der Waals surface area contributed by atoms with E-state index in [0.29, 0.717) is 22.0 Å². The number of hydrogen-bond acceptors (Lipinski definition) is 5. The Hall–Kier alpha value is -3.53. The second kappa shape index (κ2) is 8.65. The number of nitrogens with zero attached hydrogens (tertiary/aromatic N) is 1. The van der Waals surface area contributed by atoms with Gasteiger partial charge in [0.05, 0.1) is 5.97 Å². The van der Waals surface area contributed by atoms with Crippen LogP contribution in [0.4, 0.5) is 5.69 Å². The van der Waals surface area contributed by atoms with E-state index in [1.165, 1.54) is 18.2 Å². The van der Waals surface area contributed by atoms with Crippen molar-refractivity contribution in [3.05, 3.63) is 81.5 Å². The van der Waals surface area contributed by atoms with Crippen molar-refractivity contribution in [2.45, 2.75) is 0 Å². The second-order valence-electron chi connectivity index (χ2n) is 5.81. The number of benzene rings is 2. The van der Waals surface area contributed by atoms with Crippen molar-refractivity contribution in [3.63, 3.8) is 0 Å². The zero-order valence-corrected chi connectivity index (χ0v) is 16.1. The van der Waals surface area contributed by atoms with Gasteiger partial charge in [0, 0.05) is 32.9 Å². The van der Waals surface area contributed by atoms with Gasteiger partial charge in [-0.1, -0.05) is 23.2 Å². The van der Waals surface area contributed by atoms with Gasteiger partial charge >= 0.3 is 0 Å². The molecule has 29 heavy (non-hydrogen) atoms. The Balaban J connectivity index is 1.83. The van der Waals surface area contributed by atoms with Gasteiger partial charge in [-0.3, -0.25) is 4.79 Å². The minimum absolute atomic E-state index is 0.0473. The number of carbonyl (C=O) groups is 2. The Morgan fingerprint density at radius 3 is 2.45 bits per heavy atom. The summed E-state index contributed by atoms with van der Waals surface area (Å²) in [5.74, 6) is -1.44. The molecule has 0 saturated carbocycles. The smallest absolute Gasteiger partial charge is 0.266 e. The second-order valence-corrected chi connectivity index (χ2v) is 6.66. The van der Waals surface area contributed by atoms with Crippen LogP contribution in [0.15, 0.2) is 64.6 Å². The number of rotatable bonds is 5. The van der Waals surface area contributed by atoms with Crippen molar-refractivity contribution in [1.29, 1.82) is 5.26 Å². The molecule has 0 radical (unpaired) electrons. The Kier molecular flexibility index (Phi) is 6.03. The van der Waals surface area contributed by atoms with Gasteiger partial charge in [-0.25, -0.2) is 0 Å². The molecule has 0 aliphatic rings. The molecular weight excluding hydrogens is 415 g/mol. The van der Waals surface area contributed by atoms with E-state index in [-0.39, 0.29) is 21.9 Å². The quantitative estimate of drug-likeness (QED) is 0.487. The average Bonchev–Trinajstić information content (AvgIpc) is 3.16. The number of nitriles is 1. The molecule has 1 aromatic heterocycles. The topological polar surface area (TPSA) is 106 Å². The van der Waals surface area contributed by atoms with Crippen LogP contribution in [0.5, 0.6) is 0 Å². The highest BCUT2D eigenvalue weighted by Gasteiger charge is 2.12. The summed E-state index contributed by atoms with van der Waals surface area (Å²) >= 11 is 11.6. The largest absolute Gasteiger partial charge is 0.545 e. The summed E-state index contributed by atoms with van der Waals surface area (Å²) in [4.78, 5) is 23.4. The number of furan rings is 1. The fraction of sp³-hybridized carbons (Fsp3) is 0. The van der Waals surface area contributed by atoms with Crippen LogP contribution in [-0.4, -0.2) is 11.9 Å². The fourth-order valence-corrected chi connectivity index (χ4v) is 2.76. The monoisotopic (exact) mass is 425 g/mol. The van der Waals surface area contributed by atoms with Crippen LogP contribution in [-0.2, 0) is 4.79 Å². The molecule has 0 unspecified atom stereocenters. The first-order valence-electron chi connectivity index (χ1n) is 8.17. The molecular formula is C21H11Cl2N2O4-. The Labute approximate surface area is 175 Å². The molecule has 0 saturated heterocycles. The molecule has 6 nitrogen and oxygen atoms in total. The van der Waals surface area contributed by atoms with Gasteiger partial charge in [0.1, 0.15) is 23.2 Å². The van der Waals surface area contributed by atoms with Crippen LogP contribution >= 0.6 is 23.2 Å². The molecule has 3 aromatic rings. The zero-order valence-electron chi connectivity index (χ0n) is 14.6. The number of amides is 1. The summed E-state index contributed by atoms with van der Waals surface area (Å²) in [6.45, 7) is 0. The minimum atomic E-state index is -1.41. The third-order valence-electron chi connectivity index (χ3n) is 3.85. The molecule has 0 aliphatic heterocycles. The van der Waals surface area contributed by atoms with Crippen molar-refractivity contribution in [3.8, 4) is 17.4 Å². The number of carbonyl (C=O) groups excluding carboxylic acids is 2. The highest BCUT2D eigenvalue weighted by atomic mass is 35.5. The highest BCUT2D eigenvalue weighted by molar-refractivity contribution is 6.33. The van der Waals surface area contributed by atoms with Crippen LogP contribution in [0.25, 0.3) is 17.4 Å². The fourth-order valence-electron chi connectivity index (χ4n) is 2.44. The molecule has 1 heterocycles. The predicted molar refractivity (Wildman–Crippen MR) is 107 cm³/mol. The molecule has 0 bridgehead atoms. The SMILES string of the molecule is N#C/C(=C\c1ccc(-c2ccc(Cl)c(C(=O)[O-])c2)o1)C(=O)Nc1ccc(Cl)cc1. The Morgan fingerprint density at radius 1 is 1.07 bits per heavy atom. The lowest BCUT2D eigenvalue weighted by atomic mass is 10.1. The number of nitrogens with one attached hydrogen (secondary N) is 1. The molecule has 0 aliphatic carbocycles. The molecule has 2 aromatic carbocycles. The van der Waals surface area contributed by atoms with Crippen LogP contribution in [0.2, 0.25) is 10.0 Å². The van der Waals surface area contributed by atoms with Gasteiger partial charge in [0.2, 0.25) is 0 Å². The number of halogens is 2. The van der Waals surface area contributed by atoms with Crippen LogP contribution in [0, 0.1) is 11.3 Å². The normalized spacial score (nSPS) is 11.0. The number of anilines is 1. The molecule has 1 N–H and O–H groups in total. The van der Waals surface area contributed by atoms with Gasteiger partial charge in [-0.15, -0.1) is 0 Å². The van der Waals surface area contributed by atoms with Crippen LogP contribution in [0.1, 0.15) is 16.1 Å².